The first-order chi connectivity index (χ1) is 7.29. The molecular weight excluding hydrogens is 193 g/mol. The van der Waals surface area contributed by atoms with Crippen molar-refractivity contribution in [1.29, 1.82) is 0 Å². The highest BCUT2D eigenvalue weighted by Gasteiger charge is 2.29. The highest BCUT2D eigenvalue weighted by molar-refractivity contribution is 5.23. The third-order valence-corrected chi connectivity index (χ3v) is 3.00. The van der Waals surface area contributed by atoms with E-state index in [-0.39, 0.29) is 12.4 Å². The maximum atomic E-state index is 12.9. The molecule has 0 spiro atoms. The second-order valence-corrected chi connectivity index (χ2v) is 4.10. The summed E-state index contributed by atoms with van der Waals surface area (Å²) in [6, 6.07) is 7.33. The van der Waals surface area contributed by atoms with E-state index in [1.54, 1.807) is 12.1 Å². The molecule has 3 heteroatoms. The van der Waals surface area contributed by atoms with Crippen molar-refractivity contribution >= 4 is 0 Å². The van der Waals surface area contributed by atoms with Crippen molar-refractivity contribution in [3.63, 3.8) is 0 Å². The molecule has 0 aromatic heterocycles. The van der Waals surface area contributed by atoms with Gasteiger partial charge in [0.15, 0.2) is 0 Å². The van der Waals surface area contributed by atoms with Gasteiger partial charge in [0.1, 0.15) is 5.82 Å². The lowest BCUT2D eigenvalue weighted by molar-refractivity contribution is 0.244. The molecule has 0 unspecified atom stereocenters. The van der Waals surface area contributed by atoms with Gasteiger partial charge in [-0.2, -0.15) is 0 Å². The molecule has 0 amide bonds. The second kappa shape index (κ2) is 4.73. The summed E-state index contributed by atoms with van der Waals surface area (Å²) in [4.78, 5) is 0. The summed E-state index contributed by atoms with van der Waals surface area (Å²) in [6.07, 6.45) is 2.09. The minimum Gasteiger partial charge on any atom is -0.395 e. The fourth-order valence-corrected chi connectivity index (χ4v) is 2.09. The Morgan fingerprint density at radius 3 is 2.87 bits per heavy atom. The highest BCUT2D eigenvalue weighted by atomic mass is 19.1. The summed E-state index contributed by atoms with van der Waals surface area (Å²) < 4.78 is 12.9. The summed E-state index contributed by atoms with van der Waals surface area (Å²) in [7, 11) is 0. The summed E-state index contributed by atoms with van der Waals surface area (Å²) >= 11 is 0. The number of nitrogens with one attached hydrogen (secondary N) is 1. The Morgan fingerprint density at radius 2 is 2.20 bits per heavy atom. The molecule has 1 aromatic rings. The quantitative estimate of drug-likeness (QED) is 0.790. The van der Waals surface area contributed by atoms with Crippen molar-refractivity contribution < 1.29 is 9.50 Å². The van der Waals surface area contributed by atoms with Crippen LogP contribution in [-0.2, 0) is 0 Å². The van der Waals surface area contributed by atoms with Crippen molar-refractivity contribution in [2.75, 3.05) is 13.2 Å². The second-order valence-electron chi connectivity index (χ2n) is 4.10. The topological polar surface area (TPSA) is 32.3 Å². The number of rotatable bonds is 4. The zero-order chi connectivity index (χ0) is 10.7. The van der Waals surface area contributed by atoms with E-state index in [2.05, 4.69) is 5.32 Å². The van der Waals surface area contributed by atoms with E-state index >= 15 is 0 Å². The molecule has 0 heterocycles. The van der Waals surface area contributed by atoms with Gasteiger partial charge >= 0.3 is 0 Å². The molecule has 0 radical (unpaired) electrons. The van der Waals surface area contributed by atoms with Crippen molar-refractivity contribution in [3.05, 3.63) is 35.6 Å². The van der Waals surface area contributed by atoms with Crippen LogP contribution in [0, 0.1) is 5.82 Å². The van der Waals surface area contributed by atoms with Gasteiger partial charge in [-0.05, 0) is 36.5 Å². The van der Waals surface area contributed by atoms with Gasteiger partial charge in [0.25, 0.3) is 0 Å². The molecule has 1 saturated carbocycles. The van der Waals surface area contributed by atoms with E-state index in [9.17, 15) is 4.39 Å². The Balaban J connectivity index is 1.84. The maximum absolute atomic E-state index is 12.9. The molecule has 1 aliphatic carbocycles. The van der Waals surface area contributed by atoms with Gasteiger partial charge in [-0.25, -0.2) is 4.39 Å². The van der Waals surface area contributed by atoms with Gasteiger partial charge in [-0.1, -0.05) is 12.1 Å². The van der Waals surface area contributed by atoms with Crippen LogP contribution >= 0.6 is 0 Å². The first kappa shape index (κ1) is 10.6. The first-order valence-corrected chi connectivity index (χ1v) is 5.39. The lowest BCUT2D eigenvalue weighted by atomic mass is 9.76. The monoisotopic (exact) mass is 209 g/mol. The summed E-state index contributed by atoms with van der Waals surface area (Å²) in [5.74, 6) is 0.330. The molecule has 15 heavy (non-hydrogen) atoms. The van der Waals surface area contributed by atoms with Crippen LogP contribution in [0.2, 0.25) is 0 Å². The van der Waals surface area contributed by atoms with Crippen LogP contribution in [0.1, 0.15) is 24.3 Å². The summed E-state index contributed by atoms with van der Waals surface area (Å²) in [5, 5.41) is 11.9. The standard InChI is InChI=1S/C12H16FNO/c13-11-3-1-2-9(6-11)10-7-12(8-10)14-4-5-15/h1-3,6,10,12,14-15H,4-5,7-8H2. The average Bonchev–Trinajstić information content (AvgIpc) is 2.16. The first-order valence-electron chi connectivity index (χ1n) is 5.39. The third-order valence-electron chi connectivity index (χ3n) is 3.00. The molecule has 1 fully saturated rings. The van der Waals surface area contributed by atoms with Crippen LogP contribution in [0.5, 0.6) is 0 Å². The normalized spacial score (nSPS) is 24.9. The van der Waals surface area contributed by atoms with Crippen LogP contribution in [0.25, 0.3) is 0 Å². The van der Waals surface area contributed by atoms with E-state index in [1.165, 1.54) is 6.07 Å². The molecule has 2 N–H and O–H groups in total. The highest BCUT2D eigenvalue weighted by Crippen LogP contribution is 2.36. The van der Waals surface area contributed by atoms with Gasteiger partial charge in [0, 0.05) is 12.6 Å². The molecule has 82 valence electrons. The minimum absolute atomic E-state index is 0.153. The van der Waals surface area contributed by atoms with Crippen molar-refractivity contribution in [2.45, 2.75) is 24.8 Å². The van der Waals surface area contributed by atoms with Crippen molar-refractivity contribution in [1.82, 2.24) is 5.32 Å². The summed E-state index contributed by atoms with van der Waals surface area (Å²) in [6.45, 7) is 0.835. The smallest absolute Gasteiger partial charge is 0.123 e. The summed E-state index contributed by atoms with van der Waals surface area (Å²) in [5.41, 5.74) is 1.09. The molecule has 0 bridgehead atoms. The average molecular weight is 209 g/mol. The van der Waals surface area contributed by atoms with Crippen LogP contribution in [0.4, 0.5) is 4.39 Å². The maximum Gasteiger partial charge on any atom is 0.123 e. The molecule has 0 atom stereocenters. The van der Waals surface area contributed by atoms with Gasteiger partial charge in [-0.3, -0.25) is 0 Å². The van der Waals surface area contributed by atoms with Gasteiger partial charge in [-0.15, -0.1) is 0 Å². The van der Waals surface area contributed by atoms with Gasteiger partial charge in [0.05, 0.1) is 6.61 Å². The fraction of sp³-hybridized carbons (Fsp3) is 0.500. The number of hydrogen-bond acceptors (Lipinski definition) is 2. The predicted octanol–water partition coefficient (Wildman–Crippen LogP) is 1.65. The molecule has 1 aliphatic rings. The molecule has 0 saturated heterocycles. The van der Waals surface area contributed by atoms with Crippen LogP contribution in [0.3, 0.4) is 0 Å². The van der Waals surface area contributed by atoms with Crippen LogP contribution in [0.15, 0.2) is 24.3 Å². The van der Waals surface area contributed by atoms with E-state index in [0.717, 1.165) is 18.4 Å². The lowest BCUT2D eigenvalue weighted by Gasteiger charge is -2.36. The Labute approximate surface area is 89.1 Å². The molecule has 1 aromatic carbocycles. The minimum atomic E-state index is -0.153. The third kappa shape index (κ3) is 2.55. The Morgan fingerprint density at radius 1 is 1.40 bits per heavy atom. The zero-order valence-electron chi connectivity index (χ0n) is 8.62. The van der Waals surface area contributed by atoms with E-state index < -0.39 is 0 Å². The largest absolute Gasteiger partial charge is 0.395 e. The number of halogens is 1. The van der Waals surface area contributed by atoms with E-state index in [1.807, 2.05) is 6.07 Å². The Bertz CT molecular complexity index is 323. The van der Waals surface area contributed by atoms with Crippen molar-refractivity contribution in [2.24, 2.45) is 0 Å². The lowest BCUT2D eigenvalue weighted by Crippen LogP contribution is -2.41. The zero-order valence-corrected chi connectivity index (χ0v) is 8.62. The number of hydrogen-bond donors (Lipinski definition) is 2. The van der Waals surface area contributed by atoms with Crippen molar-refractivity contribution in [3.8, 4) is 0 Å². The van der Waals surface area contributed by atoms with E-state index in [0.29, 0.717) is 18.5 Å². The number of aliphatic hydroxyl groups is 1. The molecule has 2 rings (SSSR count). The number of aliphatic hydroxyl groups excluding tert-OH is 1. The van der Waals surface area contributed by atoms with Crippen LogP contribution in [-0.4, -0.2) is 24.3 Å². The Kier molecular flexibility index (Phi) is 3.34. The molecule has 0 aliphatic heterocycles. The van der Waals surface area contributed by atoms with Gasteiger partial charge in [0.2, 0.25) is 0 Å². The fourth-order valence-electron chi connectivity index (χ4n) is 2.09. The van der Waals surface area contributed by atoms with Gasteiger partial charge < -0.3 is 10.4 Å². The predicted molar refractivity (Wildman–Crippen MR) is 57.3 cm³/mol. The Hall–Kier alpha value is -0.930. The number of benzene rings is 1. The van der Waals surface area contributed by atoms with Crippen LogP contribution < -0.4 is 5.32 Å². The van der Waals surface area contributed by atoms with E-state index in [4.69, 9.17) is 5.11 Å². The molecular formula is C12H16FNO. The molecule has 2 nitrogen and oxygen atoms in total. The SMILES string of the molecule is OCCNC1CC(c2cccc(F)c2)C1.